The standard InChI is InChI=1S/C19H26N2O5S/c1-13(27(24,25)12-17-6-3-9-26-17)18(22)20-11-14-4-2-5-16(10-14)21-19(23)15-7-8-15/h2,4-5,10,13,15,17H,3,6-9,11-12H2,1H3,(H,20,22)(H,21,23)/t13-,17+/m1/s1. The summed E-state index contributed by atoms with van der Waals surface area (Å²) in [7, 11) is -3.57. The summed E-state index contributed by atoms with van der Waals surface area (Å²) in [6.45, 7) is 2.19. The summed E-state index contributed by atoms with van der Waals surface area (Å²) in [5.74, 6) is -0.515. The molecule has 7 nitrogen and oxygen atoms in total. The lowest BCUT2D eigenvalue weighted by Crippen LogP contribution is -2.40. The van der Waals surface area contributed by atoms with E-state index in [1.54, 1.807) is 18.2 Å². The van der Waals surface area contributed by atoms with E-state index in [0.717, 1.165) is 24.8 Å². The number of carbonyl (C=O) groups excluding carboxylic acids is 2. The number of anilines is 1. The minimum absolute atomic E-state index is 0.0185. The van der Waals surface area contributed by atoms with Crippen molar-refractivity contribution < 1.29 is 22.7 Å². The van der Waals surface area contributed by atoms with Gasteiger partial charge in [0.25, 0.3) is 0 Å². The highest BCUT2D eigenvalue weighted by Gasteiger charge is 2.32. The Morgan fingerprint density at radius 2 is 2.04 bits per heavy atom. The summed E-state index contributed by atoms with van der Waals surface area (Å²) >= 11 is 0. The first-order valence-electron chi connectivity index (χ1n) is 9.36. The van der Waals surface area contributed by atoms with Crippen LogP contribution in [0.3, 0.4) is 0 Å². The van der Waals surface area contributed by atoms with Crippen LogP contribution in [0, 0.1) is 5.92 Å². The Morgan fingerprint density at radius 1 is 1.26 bits per heavy atom. The highest BCUT2D eigenvalue weighted by molar-refractivity contribution is 7.92. The van der Waals surface area contributed by atoms with Crippen molar-refractivity contribution in [2.24, 2.45) is 5.92 Å². The number of carbonyl (C=O) groups is 2. The molecule has 0 radical (unpaired) electrons. The summed E-state index contributed by atoms with van der Waals surface area (Å²) < 4.78 is 30.2. The van der Waals surface area contributed by atoms with Crippen molar-refractivity contribution in [3.8, 4) is 0 Å². The Morgan fingerprint density at radius 3 is 2.70 bits per heavy atom. The molecule has 148 valence electrons. The molecule has 1 saturated carbocycles. The van der Waals surface area contributed by atoms with Crippen LogP contribution in [-0.4, -0.2) is 43.9 Å². The Bertz CT molecular complexity index is 798. The predicted molar refractivity (Wildman–Crippen MR) is 102 cm³/mol. The number of sulfone groups is 1. The Hall–Kier alpha value is -1.93. The largest absolute Gasteiger partial charge is 0.377 e. The minimum Gasteiger partial charge on any atom is -0.377 e. The molecule has 1 heterocycles. The zero-order chi connectivity index (χ0) is 19.4. The van der Waals surface area contributed by atoms with Crippen LogP contribution in [0.15, 0.2) is 24.3 Å². The van der Waals surface area contributed by atoms with Gasteiger partial charge in [0.15, 0.2) is 9.84 Å². The van der Waals surface area contributed by atoms with Crippen LogP contribution in [0.4, 0.5) is 5.69 Å². The quantitative estimate of drug-likeness (QED) is 0.698. The first-order valence-corrected chi connectivity index (χ1v) is 11.1. The first kappa shape index (κ1) is 19.8. The van der Waals surface area contributed by atoms with Crippen LogP contribution in [0.5, 0.6) is 0 Å². The molecule has 1 aliphatic heterocycles. The zero-order valence-electron chi connectivity index (χ0n) is 15.4. The van der Waals surface area contributed by atoms with E-state index in [9.17, 15) is 18.0 Å². The second kappa shape index (κ2) is 8.39. The van der Waals surface area contributed by atoms with Crippen molar-refractivity contribution in [1.29, 1.82) is 0 Å². The van der Waals surface area contributed by atoms with Crippen LogP contribution in [-0.2, 0) is 30.7 Å². The van der Waals surface area contributed by atoms with Crippen molar-refractivity contribution in [3.63, 3.8) is 0 Å². The smallest absolute Gasteiger partial charge is 0.238 e. The van der Waals surface area contributed by atoms with Crippen LogP contribution in [0.25, 0.3) is 0 Å². The lowest BCUT2D eigenvalue weighted by molar-refractivity contribution is -0.120. The van der Waals surface area contributed by atoms with Gasteiger partial charge in [-0.05, 0) is 50.3 Å². The van der Waals surface area contributed by atoms with Crippen molar-refractivity contribution in [1.82, 2.24) is 5.32 Å². The van der Waals surface area contributed by atoms with Gasteiger partial charge in [-0.3, -0.25) is 9.59 Å². The summed E-state index contributed by atoms with van der Waals surface area (Å²) in [4.78, 5) is 24.1. The molecule has 27 heavy (non-hydrogen) atoms. The molecule has 0 unspecified atom stereocenters. The number of rotatable bonds is 8. The van der Waals surface area contributed by atoms with Gasteiger partial charge >= 0.3 is 0 Å². The lowest BCUT2D eigenvalue weighted by atomic mass is 10.2. The number of amides is 2. The molecule has 2 amide bonds. The molecular formula is C19H26N2O5S. The molecular weight excluding hydrogens is 368 g/mol. The molecule has 2 fully saturated rings. The third kappa shape index (κ3) is 5.52. The van der Waals surface area contributed by atoms with Crippen molar-refractivity contribution in [2.45, 2.75) is 50.5 Å². The molecule has 0 spiro atoms. The van der Waals surface area contributed by atoms with Gasteiger partial charge in [-0.25, -0.2) is 8.42 Å². The van der Waals surface area contributed by atoms with Gasteiger partial charge in [0.2, 0.25) is 11.8 Å². The third-order valence-corrected chi connectivity index (χ3v) is 7.09. The van der Waals surface area contributed by atoms with Gasteiger partial charge in [-0.1, -0.05) is 12.1 Å². The molecule has 1 saturated heterocycles. The molecule has 8 heteroatoms. The molecule has 3 rings (SSSR count). The second-order valence-electron chi connectivity index (χ2n) is 7.29. The highest BCUT2D eigenvalue weighted by Crippen LogP contribution is 2.30. The molecule has 2 aliphatic rings. The van der Waals surface area contributed by atoms with Crippen molar-refractivity contribution >= 4 is 27.3 Å². The Labute approximate surface area is 159 Å². The Balaban J connectivity index is 1.52. The van der Waals surface area contributed by atoms with Crippen LogP contribution < -0.4 is 10.6 Å². The fourth-order valence-corrected chi connectivity index (χ4v) is 4.50. The average molecular weight is 394 g/mol. The summed E-state index contributed by atoms with van der Waals surface area (Å²) in [6, 6.07) is 7.19. The van der Waals surface area contributed by atoms with E-state index in [1.165, 1.54) is 6.92 Å². The molecule has 2 N–H and O–H groups in total. The lowest BCUT2D eigenvalue weighted by Gasteiger charge is -2.16. The summed E-state index contributed by atoms with van der Waals surface area (Å²) in [5, 5.41) is 4.41. The minimum atomic E-state index is -3.57. The zero-order valence-corrected chi connectivity index (χ0v) is 16.3. The maximum absolute atomic E-state index is 12.4. The average Bonchev–Trinajstić information content (AvgIpc) is 3.38. The van der Waals surface area contributed by atoms with E-state index in [-0.39, 0.29) is 30.2 Å². The molecule has 1 aromatic rings. The van der Waals surface area contributed by atoms with Gasteiger partial charge in [0.05, 0.1) is 11.9 Å². The summed E-state index contributed by atoms with van der Waals surface area (Å²) in [5.41, 5.74) is 1.47. The van der Waals surface area contributed by atoms with Gasteiger partial charge in [-0.15, -0.1) is 0 Å². The van der Waals surface area contributed by atoms with Gasteiger partial charge < -0.3 is 15.4 Å². The van der Waals surface area contributed by atoms with Gasteiger partial charge in [0.1, 0.15) is 5.25 Å². The highest BCUT2D eigenvalue weighted by atomic mass is 32.2. The normalized spacial score (nSPS) is 20.9. The van der Waals surface area contributed by atoms with Crippen molar-refractivity contribution in [3.05, 3.63) is 29.8 Å². The van der Waals surface area contributed by atoms with Crippen molar-refractivity contribution in [2.75, 3.05) is 17.7 Å². The van der Waals surface area contributed by atoms with E-state index >= 15 is 0 Å². The Kier molecular flexibility index (Phi) is 6.16. The molecule has 0 bridgehead atoms. The van der Waals surface area contributed by atoms with Gasteiger partial charge in [0, 0.05) is 24.8 Å². The maximum Gasteiger partial charge on any atom is 0.238 e. The monoisotopic (exact) mass is 394 g/mol. The van der Waals surface area contributed by atoms with Crippen LogP contribution >= 0.6 is 0 Å². The van der Waals surface area contributed by atoms with Crippen LogP contribution in [0.2, 0.25) is 0 Å². The molecule has 2 atom stereocenters. The number of hydrogen-bond donors (Lipinski definition) is 2. The summed E-state index contributed by atoms with van der Waals surface area (Å²) in [6.07, 6.45) is 3.12. The first-order chi connectivity index (χ1) is 12.8. The molecule has 1 aromatic carbocycles. The molecule has 0 aromatic heterocycles. The predicted octanol–water partition coefficient (Wildman–Crippen LogP) is 1.63. The number of ether oxygens (including phenoxy) is 1. The number of nitrogens with one attached hydrogen (secondary N) is 2. The van der Waals surface area contributed by atoms with Crippen LogP contribution in [0.1, 0.15) is 38.2 Å². The SMILES string of the molecule is C[C@H](C(=O)NCc1cccc(NC(=O)C2CC2)c1)S(=O)(=O)C[C@@H]1CCCO1. The van der Waals surface area contributed by atoms with E-state index in [1.807, 2.05) is 6.07 Å². The fourth-order valence-electron chi connectivity index (χ4n) is 3.02. The number of benzene rings is 1. The van der Waals surface area contributed by atoms with Gasteiger partial charge in [-0.2, -0.15) is 0 Å². The van der Waals surface area contributed by atoms with E-state index in [2.05, 4.69) is 10.6 Å². The second-order valence-corrected chi connectivity index (χ2v) is 9.65. The number of hydrogen-bond acceptors (Lipinski definition) is 5. The van der Waals surface area contributed by atoms with E-state index in [0.29, 0.717) is 18.7 Å². The third-order valence-electron chi connectivity index (χ3n) is 4.96. The topological polar surface area (TPSA) is 102 Å². The fraction of sp³-hybridized carbons (Fsp3) is 0.579. The van der Waals surface area contributed by atoms with E-state index < -0.39 is 21.0 Å². The molecule has 1 aliphatic carbocycles. The van der Waals surface area contributed by atoms with E-state index in [4.69, 9.17) is 4.74 Å². The maximum atomic E-state index is 12.4.